The van der Waals surface area contributed by atoms with Gasteiger partial charge in [0.15, 0.2) is 0 Å². The molecule has 164 valence electrons. The molecule has 1 saturated carbocycles. The molecule has 9 heteroatoms. The molecule has 2 fully saturated rings. The summed E-state index contributed by atoms with van der Waals surface area (Å²) in [7, 11) is 0. The van der Waals surface area contributed by atoms with E-state index >= 15 is 0 Å². The van der Waals surface area contributed by atoms with Crippen molar-refractivity contribution in [1.82, 2.24) is 15.5 Å². The molecule has 6 nitrogen and oxygen atoms in total. The highest BCUT2D eigenvalue weighted by Gasteiger charge is 2.69. The Morgan fingerprint density at radius 2 is 1.63 bits per heavy atom. The summed E-state index contributed by atoms with van der Waals surface area (Å²) in [6, 6.07) is 4.38. The van der Waals surface area contributed by atoms with Crippen LogP contribution in [0.4, 0.5) is 18.0 Å². The summed E-state index contributed by atoms with van der Waals surface area (Å²) >= 11 is 0. The fourth-order valence-electron chi connectivity index (χ4n) is 3.93. The third-order valence-corrected chi connectivity index (χ3v) is 5.73. The zero-order valence-electron chi connectivity index (χ0n) is 17.2. The zero-order chi connectivity index (χ0) is 22.3. The van der Waals surface area contributed by atoms with Crippen LogP contribution in [0.25, 0.3) is 0 Å². The number of imide groups is 1. The molecule has 1 aliphatic carbocycles. The standard InChI is InChI=1S/C21H26F3N3O3/c1-19(2,3)14-11-9-13(10-12-14)16(28)25-20(21(22,23)24)17(29)27(18(30)26-20)15-7-5-4-6-8-15/h9-12,15H,4-8H2,1-3H3,(H,25,28)(H,26,30)/t20-/m1/s1. The van der Waals surface area contributed by atoms with Crippen LogP contribution < -0.4 is 10.6 Å². The van der Waals surface area contributed by atoms with Crippen LogP contribution >= 0.6 is 0 Å². The van der Waals surface area contributed by atoms with E-state index in [0.29, 0.717) is 17.7 Å². The lowest BCUT2D eigenvalue weighted by Gasteiger charge is -2.32. The topological polar surface area (TPSA) is 78.5 Å². The van der Waals surface area contributed by atoms with Gasteiger partial charge >= 0.3 is 12.2 Å². The highest BCUT2D eigenvalue weighted by atomic mass is 19.4. The number of nitrogens with zero attached hydrogens (tertiary/aromatic N) is 1. The first kappa shape index (κ1) is 22.1. The summed E-state index contributed by atoms with van der Waals surface area (Å²) in [5.74, 6) is -2.57. The van der Waals surface area contributed by atoms with Gasteiger partial charge in [0.2, 0.25) is 0 Å². The Morgan fingerprint density at radius 3 is 2.13 bits per heavy atom. The number of alkyl halides is 3. The number of benzene rings is 1. The van der Waals surface area contributed by atoms with Crippen LogP contribution in [0.2, 0.25) is 0 Å². The summed E-state index contributed by atoms with van der Waals surface area (Å²) in [6.07, 6.45) is -1.93. The maximum absolute atomic E-state index is 14.0. The molecule has 0 unspecified atom stereocenters. The van der Waals surface area contributed by atoms with Crippen LogP contribution in [0.1, 0.15) is 68.8 Å². The summed E-state index contributed by atoms with van der Waals surface area (Å²) in [6.45, 7) is 5.90. The third-order valence-electron chi connectivity index (χ3n) is 5.73. The lowest BCUT2D eigenvalue weighted by Crippen LogP contribution is -2.69. The summed E-state index contributed by atoms with van der Waals surface area (Å²) in [5, 5.41) is 3.49. The normalized spacial score (nSPS) is 23.5. The third kappa shape index (κ3) is 3.89. The minimum Gasteiger partial charge on any atom is -0.314 e. The molecule has 2 N–H and O–H groups in total. The molecule has 3 rings (SSSR count). The molecule has 1 heterocycles. The smallest absolute Gasteiger partial charge is 0.314 e. The number of carbonyl (C=O) groups excluding carboxylic acids is 3. The fourth-order valence-corrected chi connectivity index (χ4v) is 3.93. The van der Waals surface area contributed by atoms with Gasteiger partial charge in [0.05, 0.1) is 0 Å². The Kier molecular flexibility index (Phi) is 5.60. The molecule has 1 aliphatic heterocycles. The molecule has 1 aromatic rings. The summed E-state index contributed by atoms with van der Waals surface area (Å²) in [4.78, 5) is 38.5. The van der Waals surface area contributed by atoms with Gasteiger partial charge in [-0.05, 0) is 36.0 Å². The summed E-state index contributed by atoms with van der Waals surface area (Å²) < 4.78 is 42.0. The Balaban J connectivity index is 1.88. The van der Waals surface area contributed by atoms with Gasteiger partial charge in [0.25, 0.3) is 17.5 Å². The monoisotopic (exact) mass is 425 g/mol. The van der Waals surface area contributed by atoms with Crippen molar-refractivity contribution in [2.75, 3.05) is 0 Å². The van der Waals surface area contributed by atoms with Crippen molar-refractivity contribution in [3.63, 3.8) is 0 Å². The first-order valence-corrected chi connectivity index (χ1v) is 10.0. The van der Waals surface area contributed by atoms with Crippen molar-refractivity contribution in [3.05, 3.63) is 35.4 Å². The number of halogens is 3. The lowest BCUT2D eigenvalue weighted by atomic mass is 9.86. The molecule has 0 bridgehead atoms. The second-order valence-corrected chi connectivity index (χ2v) is 8.93. The molecule has 0 radical (unpaired) electrons. The predicted molar refractivity (Wildman–Crippen MR) is 104 cm³/mol. The Hall–Kier alpha value is -2.58. The van der Waals surface area contributed by atoms with Crippen molar-refractivity contribution >= 4 is 17.8 Å². The van der Waals surface area contributed by atoms with E-state index in [-0.39, 0.29) is 11.0 Å². The fraction of sp³-hybridized carbons (Fsp3) is 0.571. The molecule has 0 spiro atoms. The quantitative estimate of drug-likeness (QED) is 0.722. The van der Waals surface area contributed by atoms with E-state index in [2.05, 4.69) is 0 Å². The van der Waals surface area contributed by atoms with Crippen molar-refractivity contribution < 1.29 is 27.6 Å². The van der Waals surface area contributed by atoms with Gasteiger partial charge < -0.3 is 5.32 Å². The van der Waals surface area contributed by atoms with E-state index in [0.717, 1.165) is 24.8 Å². The predicted octanol–water partition coefficient (Wildman–Crippen LogP) is 3.86. The second-order valence-electron chi connectivity index (χ2n) is 8.93. The highest BCUT2D eigenvalue weighted by molar-refractivity contribution is 6.10. The minimum atomic E-state index is -5.20. The number of hydrogen-bond acceptors (Lipinski definition) is 3. The number of amides is 4. The Labute approximate surface area is 173 Å². The Bertz CT molecular complexity index is 840. The van der Waals surface area contributed by atoms with Crippen LogP contribution in [0.3, 0.4) is 0 Å². The SMILES string of the molecule is CC(C)(C)c1ccc(C(=O)N[C@@]2(C(F)(F)F)NC(=O)N(C3CCCCC3)C2=O)cc1. The van der Waals surface area contributed by atoms with E-state index in [4.69, 9.17) is 0 Å². The second kappa shape index (κ2) is 7.59. The maximum Gasteiger partial charge on any atom is 0.440 e. The van der Waals surface area contributed by atoms with Crippen LogP contribution in [0.5, 0.6) is 0 Å². The van der Waals surface area contributed by atoms with Crippen molar-refractivity contribution in [3.8, 4) is 0 Å². The van der Waals surface area contributed by atoms with Gasteiger partial charge in [-0.3, -0.25) is 19.8 Å². The number of nitrogens with one attached hydrogen (secondary N) is 2. The number of rotatable bonds is 3. The van der Waals surface area contributed by atoms with E-state index in [1.165, 1.54) is 12.1 Å². The molecular weight excluding hydrogens is 399 g/mol. The van der Waals surface area contributed by atoms with Crippen molar-refractivity contribution in [1.29, 1.82) is 0 Å². The number of urea groups is 1. The molecule has 2 aliphatic rings. The van der Waals surface area contributed by atoms with E-state index in [1.807, 2.05) is 20.8 Å². The first-order valence-electron chi connectivity index (χ1n) is 10.0. The number of carbonyl (C=O) groups is 3. The lowest BCUT2D eigenvalue weighted by molar-refractivity contribution is -0.200. The van der Waals surface area contributed by atoms with Crippen molar-refractivity contribution in [2.45, 2.75) is 76.2 Å². The van der Waals surface area contributed by atoms with E-state index in [9.17, 15) is 27.6 Å². The molecule has 1 saturated heterocycles. The molecule has 30 heavy (non-hydrogen) atoms. The van der Waals surface area contributed by atoms with E-state index in [1.54, 1.807) is 22.8 Å². The van der Waals surface area contributed by atoms with Gasteiger partial charge in [0.1, 0.15) is 0 Å². The average molecular weight is 425 g/mol. The van der Waals surface area contributed by atoms with Crippen molar-refractivity contribution in [2.24, 2.45) is 0 Å². The van der Waals surface area contributed by atoms with Gasteiger partial charge in [-0.1, -0.05) is 52.2 Å². The van der Waals surface area contributed by atoms with Gasteiger partial charge in [-0.15, -0.1) is 0 Å². The number of hydrogen-bond donors (Lipinski definition) is 2. The van der Waals surface area contributed by atoms with Gasteiger partial charge in [0, 0.05) is 11.6 Å². The molecule has 1 aromatic carbocycles. The average Bonchev–Trinajstić information content (AvgIpc) is 2.92. The van der Waals surface area contributed by atoms with Crippen LogP contribution in [-0.2, 0) is 10.2 Å². The highest BCUT2D eigenvalue weighted by Crippen LogP contribution is 2.37. The maximum atomic E-state index is 14.0. The van der Waals surface area contributed by atoms with Crippen LogP contribution in [0, 0.1) is 0 Å². The van der Waals surface area contributed by atoms with Crippen LogP contribution in [-0.4, -0.2) is 40.6 Å². The minimum absolute atomic E-state index is 0.0372. The Morgan fingerprint density at radius 1 is 1.07 bits per heavy atom. The first-order chi connectivity index (χ1) is 13.9. The largest absolute Gasteiger partial charge is 0.440 e. The van der Waals surface area contributed by atoms with Gasteiger partial charge in [-0.25, -0.2) is 4.79 Å². The molecule has 0 aromatic heterocycles. The zero-order valence-corrected chi connectivity index (χ0v) is 17.2. The van der Waals surface area contributed by atoms with E-state index < -0.39 is 35.7 Å². The molecule has 4 amide bonds. The summed E-state index contributed by atoms with van der Waals surface area (Å²) in [5.41, 5.74) is -2.80. The van der Waals surface area contributed by atoms with Crippen LogP contribution in [0.15, 0.2) is 24.3 Å². The molecular formula is C21H26F3N3O3. The van der Waals surface area contributed by atoms with Gasteiger partial charge in [-0.2, -0.15) is 13.2 Å². The molecule has 1 atom stereocenters.